The minimum Gasteiger partial charge on any atom is -0.506 e. The van der Waals surface area contributed by atoms with Crippen LogP contribution in [0.3, 0.4) is 0 Å². The first kappa shape index (κ1) is 19.5. The van der Waals surface area contributed by atoms with E-state index in [0.717, 1.165) is 22.3 Å². The number of aromatic hydroxyl groups is 1. The Kier molecular flexibility index (Phi) is 5.31. The van der Waals surface area contributed by atoms with Gasteiger partial charge in [0.15, 0.2) is 0 Å². The van der Waals surface area contributed by atoms with Crippen molar-refractivity contribution in [2.24, 2.45) is 7.05 Å². The minimum atomic E-state index is -0.982. The van der Waals surface area contributed by atoms with Gasteiger partial charge in [0, 0.05) is 36.7 Å². The summed E-state index contributed by atoms with van der Waals surface area (Å²) >= 11 is 3.41. The first-order valence-corrected chi connectivity index (χ1v) is 9.45. The van der Waals surface area contributed by atoms with Crippen molar-refractivity contribution in [1.29, 1.82) is 0 Å². The second kappa shape index (κ2) is 7.37. The molecule has 1 heterocycles. The van der Waals surface area contributed by atoms with Crippen LogP contribution in [0.2, 0.25) is 0 Å². The fourth-order valence-electron chi connectivity index (χ4n) is 3.49. The van der Waals surface area contributed by atoms with E-state index in [1.807, 2.05) is 61.8 Å². The van der Waals surface area contributed by atoms with Crippen LogP contribution < -0.4 is 0 Å². The zero-order valence-electron chi connectivity index (χ0n) is 15.9. The van der Waals surface area contributed by atoms with Gasteiger partial charge in [-0.3, -0.25) is 0 Å². The van der Waals surface area contributed by atoms with Gasteiger partial charge in [0.2, 0.25) is 0 Å². The molecule has 0 saturated heterocycles. The molecule has 0 atom stereocenters. The quantitative estimate of drug-likeness (QED) is 0.632. The summed E-state index contributed by atoms with van der Waals surface area (Å²) in [4.78, 5) is 14.1. The Bertz CT molecular complexity index is 1020. The number of rotatable bonds is 5. The Labute approximate surface area is 167 Å². The topological polar surface area (TPSA) is 65.7 Å². The molecule has 0 fully saturated rings. The maximum Gasteiger partial charge on any atom is 0.338 e. The number of aromatic nitrogens is 1. The predicted octanol–water partition coefficient (Wildman–Crippen LogP) is 4.31. The molecule has 0 aliphatic carbocycles. The van der Waals surface area contributed by atoms with E-state index < -0.39 is 5.97 Å². The highest BCUT2D eigenvalue weighted by Gasteiger charge is 2.26. The van der Waals surface area contributed by atoms with Crippen LogP contribution in [0.5, 0.6) is 5.75 Å². The second-order valence-corrected chi connectivity index (χ2v) is 8.02. The molecule has 0 bridgehead atoms. The van der Waals surface area contributed by atoms with E-state index in [9.17, 15) is 15.0 Å². The highest BCUT2D eigenvalue weighted by atomic mass is 79.9. The van der Waals surface area contributed by atoms with Gasteiger partial charge in [-0.25, -0.2) is 4.79 Å². The van der Waals surface area contributed by atoms with E-state index in [-0.39, 0.29) is 11.3 Å². The number of carbonyl (C=O) groups is 1. The SMILES string of the molecule is Cc1ccc(Cc2c(C(=O)O)c3c(CN(C)C)c(O)c(Br)cc3n2C)cc1. The standard InChI is InChI=1S/C21H23BrN2O3/c1-12-5-7-13(8-6-12)9-16-19(21(26)27)18-14(11-23(2)3)20(25)15(22)10-17(18)24(16)4/h5-8,10,25H,9,11H2,1-4H3,(H,26,27). The third kappa shape index (κ3) is 3.59. The maximum atomic E-state index is 12.2. The van der Waals surface area contributed by atoms with E-state index in [2.05, 4.69) is 15.9 Å². The zero-order valence-corrected chi connectivity index (χ0v) is 17.5. The molecule has 2 aromatic carbocycles. The summed E-state index contributed by atoms with van der Waals surface area (Å²) in [5.41, 5.74) is 4.60. The van der Waals surface area contributed by atoms with Crippen LogP contribution in [0.1, 0.15) is 32.7 Å². The van der Waals surface area contributed by atoms with Crippen molar-refractivity contribution in [3.8, 4) is 5.75 Å². The number of benzene rings is 2. The number of halogens is 1. The van der Waals surface area contributed by atoms with Crippen molar-refractivity contribution in [1.82, 2.24) is 9.47 Å². The van der Waals surface area contributed by atoms with Gasteiger partial charge in [0.1, 0.15) is 5.75 Å². The average molecular weight is 431 g/mol. The van der Waals surface area contributed by atoms with Gasteiger partial charge in [0.05, 0.1) is 15.6 Å². The van der Waals surface area contributed by atoms with Crippen LogP contribution in [0.4, 0.5) is 0 Å². The minimum absolute atomic E-state index is 0.0891. The summed E-state index contributed by atoms with van der Waals surface area (Å²) < 4.78 is 2.48. The van der Waals surface area contributed by atoms with Gasteiger partial charge in [-0.05, 0) is 48.6 Å². The summed E-state index contributed by atoms with van der Waals surface area (Å²) in [6, 6.07) is 9.88. The highest BCUT2D eigenvalue weighted by Crippen LogP contribution is 2.39. The molecule has 0 aliphatic rings. The monoisotopic (exact) mass is 430 g/mol. The number of hydrogen-bond donors (Lipinski definition) is 2. The summed E-state index contributed by atoms with van der Waals surface area (Å²) in [6.45, 7) is 2.47. The smallest absolute Gasteiger partial charge is 0.338 e. The Morgan fingerprint density at radius 2 is 1.85 bits per heavy atom. The van der Waals surface area contributed by atoms with Crippen molar-refractivity contribution in [3.05, 3.63) is 62.8 Å². The third-order valence-corrected chi connectivity index (χ3v) is 5.42. The van der Waals surface area contributed by atoms with Crippen LogP contribution >= 0.6 is 15.9 Å². The Morgan fingerprint density at radius 3 is 2.41 bits per heavy atom. The number of aryl methyl sites for hydroxylation is 2. The number of fused-ring (bicyclic) bond motifs is 1. The number of phenols is 1. The molecular weight excluding hydrogens is 408 g/mol. The molecule has 0 unspecified atom stereocenters. The van der Waals surface area contributed by atoms with Gasteiger partial charge >= 0.3 is 5.97 Å². The molecule has 0 aliphatic heterocycles. The number of carboxylic acids is 1. The van der Waals surface area contributed by atoms with Crippen molar-refractivity contribution < 1.29 is 15.0 Å². The van der Waals surface area contributed by atoms with Crippen molar-refractivity contribution in [3.63, 3.8) is 0 Å². The molecule has 0 radical (unpaired) electrons. The third-order valence-electron chi connectivity index (χ3n) is 4.82. The van der Waals surface area contributed by atoms with E-state index in [4.69, 9.17) is 0 Å². The maximum absolute atomic E-state index is 12.2. The first-order valence-electron chi connectivity index (χ1n) is 8.65. The predicted molar refractivity (Wildman–Crippen MR) is 111 cm³/mol. The molecule has 0 amide bonds. The number of aromatic carboxylic acids is 1. The normalized spacial score (nSPS) is 11.5. The fraction of sp³-hybridized carbons (Fsp3) is 0.286. The van der Waals surface area contributed by atoms with E-state index >= 15 is 0 Å². The van der Waals surface area contributed by atoms with Gasteiger partial charge in [-0.2, -0.15) is 0 Å². The van der Waals surface area contributed by atoms with Crippen LogP contribution in [-0.2, 0) is 20.0 Å². The fourth-order valence-corrected chi connectivity index (χ4v) is 3.94. The summed E-state index contributed by atoms with van der Waals surface area (Å²) in [6.07, 6.45) is 0.507. The van der Waals surface area contributed by atoms with Gasteiger partial charge < -0.3 is 19.7 Å². The first-order chi connectivity index (χ1) is 12.7. The van der Waals surface area contributed by atoms with Crippen LogP contribution in [0.15, 0.2) is 34.8 Å². The molecule has 3 aromatic rings. The van der Waals surface area contributed by atoms with E-state index in [1.54, 1.807) is 6.07 Å². The van der Waals surface area contributed by atoms with Crippen molar-refractivity contribution in [2.75, 3.05) is 14.1 Å². The van der Waals surface area contributed by atoms with Gasteiger partial charge in [0.25, 0.3) is 0 Å². The molecule has 6 heteroatoms. The zero-order chi connectivity index (χ0) is 19.9. The Hall–Kier alpha value is -2.31. The van der Waals surface area contributed by atoms with Gasteiger partial charge in [-0.15, -0.1) is 0 Å². The van der Waals surface area contributed by atoms with Crippen LogP contribution in [-0.4, -0.2) is 39.7 Å². The highest BCUT2D eigenvalue weighted by molar-refractivity contribution is 9.10. The number of hydrogen-bond acceptors (Lipinski definition) is 3. The van der Waals surface area contributed by atoms with Crippen molar-refractivity contribution >= 4 is 32.8 Å². The molecule has 0 saturated carbocycles. The lowest BCUT2D eigenvalue weighted by Gasteiger charge is -2.14. The lowest BCUT2D eigenvalue weighted by molar-refractivity contribution is 0.0697. The average Bonchev–Trinajstić information content (AvgIpc) is 2.86. The summed E-state index contributed by atoms with van der Waals surface area (Å²) in [7, 11) is 5.66. The van der Waals surface area contributed by atoms with E-state index in [1.165, 1.54) is 0 Å². The number of nitrogens with zero attached hydrogens (tertiary/aromatic N) is 2. The Balaban J connectivity index is 2.31. The van der Waals surface area contributed by atoms with Crippen LogP contribution in [0.25, 0.3) is 10.9 Å². The molecule has 0 spiro atoms. The molecular formula is C21H23BrN2O3. The van der Waals surface area contributed by atoms with E-state index in [0.29, 0.717) is 28.4 Å². The molecule has 27 heavy (non-hydrogen) atoms. The molecule has 2 N–H and O–H groups in total. The summed E-state index contributed by atoms with van der Waals surface area (Å²) in [5, 5.41) is 21.2. The largest absolute Gasteiger partial charge is 0.506 e. The molecule has 142 valence electrons. The number of carboxylic acid groups (broad SMARTS) is 1. The molecule has 3 rings (SSSR count). The summed E-state index contributed by atoms with van der Waals surface area (Å²) in [5.74, 6) is -0.893. The van der Waals surface area contributed by atoms with Gasteiger partial charge in [-0.1, -0.05) is 29.8 Å². The lowest BCUT2D eigenvalue weighted by atomic mass is 10.0. The van der Waals surface area contributed by atoms with Crippen LogP contribution in [0, 0.1) is 6.92 Å². The Morgan fingerprint density at radius 1 is 1.22 bits per heavy atom. The second-order valence-electron chi connectivity index (χ2n) is 7.17. The van der Waals surface area contributed by atoms with Crippen molar-refractivity contribution in [2.45, 2.75) is 19.9 Å². The number of phenolic OH excluding ortho intramolecular Hbond substituents is 1. The molecule has 1 aromatic heterocycles. The lowest BCUT2D eigenvalue weighted by Crippen LogP contribution is -2.12. The molecule has 5 nitrogen and oxygen atoms in total.